The smallest absolute Gasteiger partial charge is 0.0351 e. The Bertz CT molecular complexity index is 265. The second kappa shape index (κ2) is 7.42. The van der Waals surface area contributed by atoms with Gasteiger partial charge in [-0.2, -0.15) is 0 Å². The molecule has 0 amide bonds. The summed E-state index contributed by atoms with van der Waals surface area (Å²) in [5.41, 5.74) is 1.52. The summed E-state index contributed by atoms with van der Waals surface area (Å²) in [6.07, 6.45) is 2.64. The van der Waals surface area contributed by atoms with Crippen LogP contribution in [0.5, 0.6) is 0 Å². The molecule has 1 saturated heterocycles. The Morgan fingerprint density at radius 1 is 1.06 bits per heavy atom. The van der Waals surface area contributed by atoms with Gasteiger partial charge in [0.1, 0.15) is 0 Å². The van der Waals surface area contributed by atoms with Crippen LogP contribution >= 0.6 is 0 Å². The average Bonchev–Trinajstić information content (AvgIpc) is 2.32. The van der Waals surface area contributed by atoms with Crippen LogP contribution in [0, 0.1) is 0 Å². The van der Waals surface area contributed by atoms with Gasteiger partial charge >= 0.3 is 0 Å². The number of methoxy groups -OCH3 is 1. The summed E-state index contributed by atoms with van der Waals surface area (Å²) < 4.78 is 4.25. The maximum absolute atomic E-state index is 4.25. The van der Waals surface area contributed by atoms with Crippen LogP contribution in [0.4, 0.5) is 0 Å². The lowest BCUT2D eigenvalue weighted by Crippen LogP contribution is -2.29. The van der Waals surface area contributed by atoms with Gasteiger partial charge in [0.2, 0.25) is 0 Å². The summed E-state index contributed by atoms with van der Waals surface area (Å²) >= 11 is 0. The maximum atomic E-state index is 4.25. The largest absolute Gasteiger partial charge is 0.388 e. The normalized spacial score (nSPS) is 17.7. The van der Waals surface area contributed by atoms with Crippen molar-refractivity contribution in [2.45, 2.75) is 18.8 Å². The van der Waals surface area contributed by atoms with Gasteiger partial charge in [-0.3, -0.25) is 0 Å². The number of nitrogens with zero attached hydrogens (tertiary/aromatic N) is 1. The molecule has 0 saturated carbocycles. The molecule has 1 aromatic rings. The summed E-state index contributed by atoms with van der Waals surface area (Å²) in [6, 6.07) is 10.9. The minimum absolute atomic E-state index is 0.803. The van der Waals surface area contributed by atoms with Gasteiger partial charge in [-0.1, -0.05) is 30.3 Å². The third kappa shape index (κ3) is 4.33. The fourth-order valence-corrected chi connectivity index (χ4v) is 2.07. The minimum Gasteiger partial charge on any atom is -0.388 e. The van der Waals surface area contributed by atoms with Crippen LogP contribution in [-0.2, 0) is 4.74 Å². The highest BCUT2D eigenvalue weighted by atomic mass is 16.4. The van der Waals surface area contributed by atoms with Crippen LogP contribution in [0.1, 0.15) is 24.3 Å². The van der Waals surface area contributed by atoms with Crippen molar-refractivity contribution in [2.24, 2.45) is 0 Å². The first-order valence-electron chi connectivity index (χ1n) is 5.91. The molecule has 2 nitrogen and oxygen atoms in total. The highest BCUT2D eigenvalue weighted by molar-refractivity contribution is 5.19. The van der Waals surface area contributed by atoms with E-state index in [4.69, 9.17) is 0 Å². The molecule has 0 aliphatic carbocycles. The Morgan fingerprint density at radius 3 is 2.06 bits per heavy atom. The lowest BCUT2D eigenvalue weighted by atomic mass is 9.90. The molecule has 0 atom stereocenters. The van der Waals surface area contributed by atoms with E-state index < -0.39 is 0 Å². The molecule has 16 heavy (non-hydrogen) atoms. The summed E-state index contributed by atoms with van der Waals surface area (Å²) in [5.74, 6) is 0.803. The second-order valence-corrected chi connectivity index (χ2v) is 4.40. The van der Waals surface area contributed by atoms with Crippen molar-refractivity contribution >= 4 is 0 Å². The molecule has 0 spiro atoms. The van der Waals surface area contributed by atoms with Crippen molar-refractivity contribution in [1.29, 1.82) is 0 Å². The van der Waals surface area contributed by atoms with Gasteiger partial charge in [-0.15, -0.1) is 0 Å². The lowest BCUT2D eigenvalue weighted by molar-refractivity contribution is 0.255. The topological polar surface area (TPSA) is 12.5 Å². The molecule has 2 rings (SSSR count). The number of rotatable bonds is 1. The van der Waals surface area contributed by atoms with E-state index >= 15 is 0 Å². The number of hydrogen-bond acceptors (Lipinski definition) is 2. The Labute approximate surface area is 99.2 Å². The molecule has 0 N–H and O–H groups in total. The molecule has 0 aromatic heterocycles. The predicted octanol–water partition coefficient (Wildman–Crippen LogP) is 2.76. The first kappa shape index (κ1) is 13.2. The predicted molar refractivity (Wildman–Crippen MR) is 68.8 cm³/mol. The van der Waals surface area contributed by atoms with Gasteiger partial charge < -0.3 is 9.64 Å². The standard InChI is InChI=1S/C12H17N.C2H6O/c1-13-9-7-12(8-10-13)11-5-3-2-4-6-11;1-3-2/h2-6,12H,7-10H2,1H3;1-2H3. The van der Waals surface area contributed by atoms with Crippen LogP contribution in [0.3, 0.4) is 0 Å². The monoisotopic (exact) mass is 221 g/mol. The van der Waals surface area contributed by atoms with Crippen LogP contribution < -0.4 is 0 Å². The van der Waals surface area contributed by atoms with Crippen molar-refractivity contribution in [2.75, 3.05) is 34.4 Å². The summed E-state index contributed by atoms with van der Waals surface area (Å²) in [4.78, 5) is 2.42. The SMILES string of the molecule is CN1CCC(c2ccccc2)CC1.COC. The number of piperidine rings is 1. The van der Waals surface area contributed by atoms with Crippen LogP contribution in [-0.4, -0.2) is 39.3 Å². The molecule has 1 heterocycles. The van der Waals surface area contributed by atoms with Gasteiger partial charge in [-0.25, -0.2) is 0 Å². The van der Waals surface area contributed by atoms with Gasteiger partial charge in [0.25, 0.3) is 0 Å². The molecule has 0 radical (unpaired) electrons. The molecule has 0 bridgehead atoms. The maximum Gasteiger partial charge on any atom is 0.0351 e. The first-order valence-corrected chi connectivity index (χ1v) is 5.91. The lowest BCUT2D eigenvalue weighted by Gasteiger charge is -2.29. The molecule has 2 heteroatoms. The van der Waals surface area contributed by atoms with Gasteiger partial charge in [0, 0.05) is 14.2 Å². The number of benzene rings is 1. The zero-order chi connectivity index (χ0) is 11.8. The van der Waals surface area contributed by atoms with E-state index in [0.29, 0.717) is 0 Å². The number of likely N-dealkylation sites (tertiary alicyclic amines) is 1. The molecule has 1 aliphatic heterocycles. The Balaban J connectivity index is 0.000000386. The fourth-order valence-electron chi connectivity index (χ4n) is 2.07. The quantitative estimate of drug-likeness (QED) is 0.723. The van der Waals surface area contributed by atoms with Gasteiger partial charge in [0.15, 0.2) is 0 Å². The molecular formula is C14H23NO. The Morgan fingerprint density at radius 2 is 1.56 bits per heavy atom. The minimum atomic E-state index is 0.803. The van der Waals surface area contributed by atoms with E-state index in [0.717, 1.165) is 5.92 Å². The first-order chi connectivity index (χ1) is 7.77. The summed E-state index contributed by atoms with van der Waals surface area (Å²) in [7, 11) is 5.46. The van der Waals surface area contributed by atoms with Crippen molar-refractivity contribution in [3.05, 3.63) is 35.9 Å². The van der Waals surface area contributed by atoms with Gasteiger partial charge in [-0.05, 0) is 44.5 Å². The third-order valence-electron chi connectivity index (χ3n) is 2.99. The van der Waals surface area contributed by atoms with E-state index in [1.807, 2.05) is 0 Å². The van der Waals surface area contributed by atoms with Crippen molar-refractivity contribution in [3.63, 3.8) is 0 Å². The molecule has 1 fully saturated rings. The molecule has 90 valence electrons. The zero-order valence-electron chi connectivity index (χ0n) is 10.6. The Kier molecular flexibility index (Phi) is 6.12. The number of hydrogen-bond donors (Lipinski definition) is 0. The summed E-state index contributed by atoms with van der Waals surface area (Å²) in [6.45, 7) is 2.50. The van der Waals surface area contributed by atoms with E-state index in [-0.39, 0.29) is 0 Å². The highest BCUT2D eigenvalue weighted by Gasteiger charge is 2.17. The van der Waals surface area contributed by atoms with Crippen molar-refractivity contribution in [1.82, 2.24) is 4.90 Å². The molecular weight excluding hydrogens is 198 g/mol. The van der Waals surface area contributed by atoms with Crippen LogP contribution in [0.25, 0.3) is 0 Å². The van der Waals surface area contributed by atoms with Crippen molar-refractivity contribution in [3.8, 4) is 0 Å². The van der Waals surface area contributed by atoms with E-state index in [1.54, 1.807) is 14.2 Å². The van der Waals surface area contributed by atoms with Gasteiger partial charge in [0.05, 0.1) is 0 Å². The highest BCUT2D eigenvalue weighted by Crippen LogP contribution is 2.26. The molecule has 0 unspecified atom stereocenters. The van der Waals surface area contributed by atoms with E-state index in [9.17, 15) is 0 Å². The second-order valence-electron chi connectivity index (χ2n) is 4.40. The molecule has 1 aromatic carbocycles. The zero-order valence-corrected chi connectivity index (χ0v) is 10.6. The van der Waals surface area contributed by atoms with E-state index in [2.05, 4.69) is 47.0 Å². The number of ether oxygens (including phenoxy) is 1. The summed E-state index contributed by atoms with van der Waals surface area (Å²) in [5, 5.41) is 0. The fraction of sp³-hybridized carbons (Fsp3) is 0.571. The third-order valence-corrected chi connectivity index (χ3v) is 2.99. The van der Waals surface area contributed by atoms with Crippen LogP contribution in [0.2, 0.25) is 0 Å². The Hall–Kier alpha value is -0.860. The average molecular weight is 221 g/mol. The van der Waals surface area contributed by atoms with E-state index in [1.165, 1.54) is 31.5 Å². The van der Waals surface area contributed by atoms with Crippen LogP contribution in [0.15, 0.2) is 30.3 Å². The van der Waals surface area contributed by atoms with Crippen molar-refractivity contribution < 1.29 is 4.74 Å². The molecule has 1 aliphatic rings.